The SMILES string of the molecule is CC(=O)[C@H]1[C@H](C(=O)O)C[C@H]2[C@@H]3CC[C@@H]4C[C@H](O)CC[C@]4(C)[C@H]3C(=O)C[C@@]21C. The zero-order chi connectivity index (χ0) is 19.7. The second kappa shape index (κ2) is 6.13. The summed E-state index contributed by atoms with van der Waals surface area (Å²) in [4.78, 5) is 37.8. The van der Waals surface area contributed by atoms with Gasteiger partial charge in [0.15, 0.2) is 0 Å². The van der Waals surface area contributed by atoms with Gasteiger partial charge in [0.1, 0.15) is 11.6 Å². The van der Waals surface area contributed by atoms with Crippen LogP contribution in [0.5, 0.6) is 0 Å². The van der Waals surface area contributed by atoms with Crippen molar-refractivity contribution < 1.29 is 24.6 Å². The van der Waals surface area contributed by atoms with Crippen LogP contribution < -0.4 is 0 Å². The third-order valence-electron chi connectivity index (χ3n) is 9.13. The Kier molecular flexibility index (Phi) is 4.34. The second-order valence-electron chi connectivity index (χ2n) is 10.4. The van der Waals surface area contributed by atoms with E-state index in [0.717, 1.165) is 32.1 Å². The Morgan fingerprint density at radius 3 is 2.41 bits per heavy atom. The summed E-state index contributed by atoms with van der Waals surface area (Å²) in [6, 6.07) is 0. The maximum Gasteiger partial charge on any atom is 0.307 e. The minimum absolute atomic E-state index is 0.0398. The van der Waals surface area contributed by atoms with Crippen LogP contribution in [0.4, 0.5) is 0 Å². The Bertz CT molecular complexity index is 686. The van der Waals surface area contributed by atoms with Crippen LogP contribution in [0.1, 0.15) is 65.7 Å². The van der Waals surface area contributed by atoms with E-state index in [1.807, 2.05) is 6.92 Å². The van der Waals surface area contributed by atoms with E-state index in [9.17, 15) is 24.6 Å². The molecule has 5 heteroatoms. The van der Waals surface area contributed by atoms with Crippen LogP contribution in [0.15, 0.2) is 0 Å². The van der Waals surface area contributed by atoms with Gasteiger partial charge in [0.2, 0.25) is 0 Å². The Morgan fingerprint density at radius 1 is 1.07 bits per heavy atom. The zero-order valence-electron chi connectivity index (χ0n) is 16.6. The standard InChI is InChI=1S/C22H32O5/c1-11(23)18-15(20(26)27)9-16-14-5-4-12-8-13(24)6-7-21(12,2)19(14)17(25)10-22(16,18)3/h12-16,18-19,24H,4-10H2,1-3H3,(H,26,27)/t12-,13-,14+,15-,16+,18+,19-,21+,22+/m1/s1. The van der Waals surface area contributed by atoms with Gasteiger partial charge in [0.25, 0.3) is 0 Å². The molecule has 0 aliphatic heterocycles. The van der Waals surface area contributed by atoms with Crippen LogP contribution in [0, 0.1) is 46.3 Å². The topological polar surface area (TPSA) is 91.7 Å². The van der Waals surface area contributed by atoms with Crippen LogP contribution in [0.3, 0.4) is 0 Å². The smallest absolute Gasteiger partial charge is 0.307 e. The minimum Gasteiger partial charge on any atom is -0.481 e. The number of hydrogen-bond acceptors (Lipinski definition) is 4. The number of aliphatic hydroxyl groups is 1. The first-order chi connectivity index (χ1) is 12.6. The van der Waals surface area contributed by atoms with Crippen molar-refractivity contribution in [3.63, 3.8) is 0 Å². The fraction of sp³-hybridized carbons (Fsp3) is 0.864. The molecule has 0 radical (unpaired) electrons. The summed E-state index contributed by atoms with van der Waals surface area (Å²) in [5.41, 5.74) is -0.613. The summed E-state index contributed by atoms with van der Waals surface area (Å²) in [7, 11) is 0. The van der Waals surface area contributed by atoms with Gasteiger partial charge in [-0.2, -0.15) is 0 Å². The van der Waals surface area contributed by atoms with Gasteiger partial charge in [-0.25, -0.2) is 0 Å². The first-order valence-corrected chi connectivity index (χ1v) is 10.5. The molecule has 4 aliphatic carbocycles. The number of carboxylic acids is 1. The van der Waals surface area contributed by atoms with Gasteiger partial charge < -0.3 is 10.2 Å². The van der Waals surface area contributed by atoms with Crippen molar-refractivity contribution in [2.45, 2.75) is 71.8 Å². The highest BCUT2D eigenvalue weighted by Gasteiger charge is 2.66. The lowest BCUT2D eigenvalue weighted by Crippen LogP contribution is -2.58. The summed E-state index contributed by atoms with van der Waals surface area (Å²) < 4.78 is 0. The lowest BCUT2D eigenvalue weighted by atomic mass is 9.44. The number of carbonyl (C=O) groups excluding carboxylic acids is 2. The summed E-state index contributed by atoms with van der Waals surface area (Å²) in [5, 5.41) is 19.9. The highest BCUT2D eigenvalue weighted by Crippen LogP contribution is 2.67. The lowest BCUT2D eigenvalue weighted by Gasteiger charge is -2.59. The van der Waals surface area contributed by atoms with Crippen LogP contribution >= 0.6 is 0 Å². The van der Waals surface area contributed by atoms with E-state index in [0.29, 0.717) is 18.8 Å². The highest BCUT2D eigenvalue weighted by molar-refractivity contribution is 5.90. The third kappa shape index (κ3) is 2.56. The van der Waals surface area contributed by atoms with Gasteiger partial charge in [-0.15, -0.1) is 0 Å². The van der Waals surface area contributed by atoms with Crippen LogP contribution in [0.2, 0.25) is 0 Å². The molecule has 4 rings (SSSR count). The minimum atomic E-state index is -0.893. The summed E-state index contributed by atoms with van der Waals surface area (Å²) in [6.07, 6.45) is 4.91. The predicted octanol–water partition coefficient (Wildman–Crippen LogP) is 3.08. The van der Waals surface area contributed by atoms with E-state index in [4.69, 9.17) is 0 Å². The first-order valence-electron chi connectivity index (χ1n) is 10.5. The molecule has 0 heterocycles. The number of hydrogen-bond donors (Lipinski definition) is 2. The van der Waals surface area contributed by atoms with Crippen molar-refractivity contribution in [3.8, 4) is 0 Å². The van der Waals surface area contributed by atoms with Crippen molar-refractivity contribution in [1.82, 2.24) is 0 Å². The van der Waals surface area contributed by atoms with Gasteiger partial charge in [-0.05, 0) is 74.0 Å². The van der Waals surface area contributed by atoms with Gasteiger partial charge >= 0.3 is 5.97 Å². The van der Waals surface area contributed by atoms with Gasteiger partial charge in [0.05, 0.1) is 12.0 Å². The maximum atomic E-state index is 13.4. The van der Waals surface area contributed by atoms with Gasteiger partial charge in [-0.1, -0.05) is 13.8 Å². The Hall–Kier alpha value is -1.23. The third-order valence-corrected chi connectivity index (χ3v) is 9.13. The molecule has 0 amide bonds. The number of carbonyl (C=O) groups is 3. The molecule has 9 atom stereocenters. The van der Waals surface area contributed by atoms with E-state index in [2.05, 4.69) is 6.92 Å². The van der Waals surface area contributed by atoms with E-state index >= 15 is 0 Å². The second-order valence-corrected chi connectivity index (χ2v) is 10.4. The lowest BCUT2D eigenvalue weighted by molar-refractivity contribution is -0.163. The average Bonchev–Trinajstić information content (AvgIpc) is 2.88. The van der Waals surface area contributed by atoms with Crippen molar-refractivity contribution in [2.75, 3.05) is 0 Å². The molecule has 27 heavy (non-hydrogen) atoms. The summed E-state index contributed by atoms with van der Waals surface area (Å²) >= 11 is 0. The molecule has 4 fully saturated rings. The number of aliphatic carboxylic acids is 1. The monoisotopic (exact) mass is 376 g/mol. The summed E-state index contributed by atoms with van der Waals surface area (Å²) in [5.74, 6) is -1.32. The van der Waals surface area contributed by atoms with E-state index in [-0.39, 0.29) is 40.8 Å². The van der Waals surface area contributed by atoms with E-state index in [1.54, 1.807) is 0 Å². The zero-order valence-corrected chi connectivity index (χ0v) is 16.6. The fourth-order valence-electron chi connectivity index (χ4n) is 8.09. The molecule has 4 saturated carbocycles. The first kappa shape index (κ1) is 19.1. The largest absolute Gasteiger partial charge is 0.481 e. The molecule has 2 N–H and O–H groups in total. The molecule has 4 aliphatic rings. The highest BCUT2D eigenvalue weighted by atomic mass is 16.4. The normalized spacial score (nSPS) is 51.9. The number of rotatable bonds is 2. The fourth-order valence-corrected chi connectivity index (χ4v) is 8.09. The Labute approximate surface area is 160 Å². The average molecular weight is 376 g/mol. The van der Waals surface area contributed by atoms with E-state index < -0.39 is 23.2 Å². The van der Waals surface area contributed by atoms with Gasteiger partial charge in [-0.3, -0.25) is 14.4 Å². The molecule has 0 unspecified atom stereocenters. The Morgan fingerprint density at radius 2 is 1.78 bits per heavy atom. The molecule has 0 aromatic heterocycles. The Balaban J connectivity index is 1.73. The number of carboxylic acid groups (broad SMARTS) is 1. The maximum absolute atomic E-state index is 13.4. The molecular formula is C22H32O5. The van der Waals surface area contributed by atoms with E-state index in [1.165, 1.54) is 6.92 Å². The predicted molar refractivity (Wildman–Crippen MR) is 98.8 cm³/mol. The van der Waals surface area contributed by atoms with Crippen molar-refractivity contribution in [2.24, 2.45) is 46.3 Å². The van der Waals surface area contributed by atoms with Crippen molar-refractivity contribution in [3.05, 3.63) is 0 Å². The van der Waals surface area contributed by atoms with Crippen LogP contribution in [0.25, 0.3) is 0 Å². The molecular weight excluding hydrogens is 344 g/mol. The van der Waals surface area contributed by atoms with Crippen LogP contribution in [-0.4, -0.2) is 33.9 Å². The molecule has 150 valence electrons. The van der Waals surface area contributed by atoms with Gasteiger partial charge in [0, 0.05) is 18.3 Å². The molecule has 0 spiro atoms. The molecule has 0 saturated heterocycles. The number of aliphatic hydroxyl groups excluding tert-OH is 1. The quantitative estimate of drug-likeness (QED) is 0.773. The van der Waals surface area contributed by atoms with Crippen LogP contribution in [-0.2, 0) is 14.4 Å². The van der Waals surface area contributed by atoms with Crippen molar-refractivity contribution in [1.29, 1.82) is 0 Å². The molecule has 0 aromatic carbocycles. The molecule has 0 aromatic rings. The van der Waals surface area contributed by atoms with Crippen molar-refractivity contribution >= 4 is 17.5 Å². The summed E-state index contributed by atoms with van der Waals surface area (Å²) in [6.45, 7) is 5.72. The number of Topliss-reactive ketones (excluding diaryl/α,β-unsaturated/α-hetero) is 2. The molecule has 5 nitrogen and oxygen atoms in total. The molecule has 0 bridgehead atoms. The number of ketones is 2. The number of fused-ring (bicyclic) bond motifs is 5.